The lowest BCUT2D eigenvalue weighted by Crippen LogP contribution is -2.42. The van der Waals surface area contributed by atoms with Crippen LogP contribution in [0.1, 0.15) is 30.1 Å². The Hall–Kier alpha value is -1.15. The molecule has 1 unspecified atom stereocenters. The normalized spacial score (nSPS) is 18.0. The van der Waals surface area contributed by atoms with Gasteiger partial charge in [-0.25, -0.2) is 8.42 Å². The number of carbonyl (C=O) groups excluding carboxylic acids is 1. The first-order chi connectivity index (χ1) is 10.4. The van der Waals surface area contributed by atoms with Crippen molar-refractivity contribution in [2.45, 2.75) is 30.7 Å². The Labute approximate surface area is 143 Å². The molecule has 23 heavy (non-hydrogen) atoms. The van der Waals surface area contributed by atoms with Crippen molar-refractivity contribution < 1.29 is 13.2 Å². The zero-order chi connectivity index (χ0) is 16.3. The lowest BCUT2D eigenvalue weighted by molar-refractivity contribution is 0.0963. The van der Waals surface area contributed by atoms with Crippen LogP contribution in [0.3, 0.4) is 0 Å². The van der Waals surface area contributed by atoms with Gasteiger partial charge in [-0.15, -0.1) is 12.4 Å². The van der Waals surface area contributed by atoms with E-state index in [9.17, 15) is 13.2 Å². The lowest BCUT2D eigenvalue weighted by Gasteiger charge is -2.32. The van der Waals surface area contributed by atoms with Gasteiger partial charge in [0.05, 0.1) is 4.90 Å². The van der Waals surface area contributed by atoms with Crippen molar-refractivity contribution in [3.63, 3.8) is 0 Å². The van der Waals surface area contributed by atoms with E-state index in [2.05, 4.69) is 5.32 Å². The molecule has 2 rings (SSSR count). The molecule has 1 amide bonds. The first-order valence-electron chi connectivity index (χ1n) is 7.44. The second-order valence-corrected chi connectivity index (χ2v) is 7.64. The number of hydrogen-bond acceptors (Lipinski definition) is 4. The van der Waals surface area contributed by atoms with Gasteiger partial charge in [-0.1, -0.05) is 0 Å². The summed E-state index contributed by atoms with van der Waals surface area (Å²) in [4.78, 5) is 11.7. The van der Waals surface area contributed by atoms with Crippen LogP contribution in [-0.2, 0) is 10.0 Å². The fourth-order valence-corrected chi connectivity index (χ4v) is 4.18. The molecule has 6 nitrogen and oxygen atoms in total. The molecule has 0 radical (unpaired) electrons. The SMILES string of the molecule is CNC(=O)c1ccc(S(=O)(=O)N2CCC(C(C)N)CC2)cc1.Cl. The number of halogens is 1. The molecular weight excluding hydrogens is 338 g/mol. The van der Waals surface area contributed by atoms with Crippen LogP contribution >= 0.6 is 12.4 Å². The maximum atomic E-state index is 12.6. The molecule has 0 bridgehead atoms. The molecule has 0 saturated carbocycles. The molecule has 0 aromatic heterocycles. The van der Waals surface area contributed by atoms with E-state index in [1.165, 1.54) is 35.6 Å². The predicted molar refractivity (Wildman–Crippen MR) is 92.2 cm³/mol. The number of nitrogens with two attached hydrogens (primary N) is 1. The second kappa shape index (κ2) is 8.10. The third-order valence-corrected chi connectivity index (χ3v) is 6.14. The molecule has 1 fully saturated rings. The molecule has 1 heterocycles. The van der Waals surface area contributed by atoms with Gasteiger partial charge in [0.25, 0.3) is 5.91 Å². The number of nitrogens with one attached hydrogen (secondary N) is 1. The monoisotopic (exact) mass is 361 g/mol. The van der Waals surface area contributed by atoms with Crippen LogP contribution in [0.2, 0.25) is 0 Å². The van der Waals surface area contributed by atoms with Gasteiger partial charge in [0, 0.05) is 31.7 Å². The molecule has 1 aromatic rings. The molecular formula is C15H24ClN3O3S. The minimum Gasteiger partial charge on any atom is -0.355 e. The topological polar surface area (TPSA) is 92.5 Å². The van der Waals surface area contributed by atoms with E-state index in [4.69, 9.17) is 5.73 Å². The van der Waals surface area contributed by atoms with Gasteiger partial charge in [-0.05, 0) is 49.9 Å². The summed E-state index contributed by atoms with van der Waals surface area (Å²) in [5.41, 5.74) is 6.33. The summed E-state index contributed by atoms with van der Waals surface area (Å²) >= 11 is 0. The zero-order valence-electron chi connectivity index (χ0n) is 13.4. The highest BCUT2D eigenvalue weighted by Gasteiger charge is 2.30. The predicted octanol–water partition coefficient (Wildman–Crippen LogP) is 1.22. The summed E-state index contributed by atoms with van der Waals surface area (Å²) in [5, 5.41) is 2.51. The van der Waals surface area contributed by atoms with Crippen LogP contribution in [0, 0.1) is 5.92 Å². The van der Waals surface area contributed by atoms with Crippen molar-refractivity contribution in [1.29, 1.82) is 0 Å². The van der Waals surface area contributed by atoms with Gasteiger partial charge in [-0.3, -0.25) is 4.79 Å². The Balaban J connectivity index is 0.00000264. The first kappa shape index (κ1) is 19.9. The van der Waals surface area contributed by atoms with Crippen LogP contribution in [0.25, 0.3) is 0 Å². The molecule has 130 valence electrons. The first-order valence-corrected chi connectivity index (χ1v) is 8.88. The standard InChI is InChI=1S/C15H23N3O3S.ClH/c1-11(16)12-7-9-18(10-8-12)22(20,21)14-5-3-13(4-6-14)15(19)17-2;/h3-6,11-12H,7-10,16H2,1-2H3,(H,17,19);1H. The Morgan fingerprint density at radius 3 is 2.22 bits per heavy atom. The van der Waals surface area contributed by atoms with Gasteiger partial charge in [0.2, 0.25) is 10.0 Å². The summed E-state index contributed by atoms with van der Waals surface area (Å²) in [6.45, 7) is 2.95. The Bertz CT molecular complexity index is 624. The summed E-state index contributed by atoms with van der Waals surface area (Å²) in [7, 11) is -1.96. The summed E-state index contributed by atoms with van der Waals surface area (Å²) in [5.74, 6) is 0.142. The number of amides is 1. The van der Waals surface area contributed by atoms with Crippen molar-refractivity contribution in [1.82, 2.24) is 9.62 Å². The van der Waals surface area contributed by atoms with Crippen LogP contribution < -0.4 is 11.1 Å². The van der Waals surface area contributed by atoms with E-state index in [1.807, 2.05) is 6.92 Å². The highest BCUT2D eigenvalue weighted by atomic mass is 35.5. The Morgan fingerprint density at radius 2 is 1.78 bits per heavy atom. The van der Waals surface area contributed by atoms with Crippen molar-refractivity contribution in [3.05, 3.63) is 29.8 Å². The number of carbonyl (C=O) groups is 1. The van der Waals surface area contributed by atoms with Crippen LogP contribution in [-0.4, -0.2) is 44.8 Å². The minimum absolute atomic E-state index is 0. The molecule has 0 spiro atoms. The smallest absolute Gasteiger partial charge is 0.251 e. The third kappa shape index (κ3) is 4.44. The molecule has 3 N–H and O–H groups in total. The highest BCUT2D eigenvalue weighted by Crippen LogP contribution is 2.25. The van der Waals surface area contributed by atoms with Crippen molar-refractivity contribution >= 4 is 28.3 Å². The van der Waals surface area contributed by atoms with Crippen LogP contribution in [0.4, 0.5) is 0 Å². The summed E-state index contributed by atoms with van der Waals surface area (Å²) in [6.07, 6.45) is 1.57. The maximum absolute atomic E-state index is 12.6. The quantitative estimate of drug-likeness (QED) is 0.843. The Morgan fingerprint density at radius 1 is 1.26 bits per heavy atom. The average molecular weight is 362 g/mol. The van der Waals surface area contributed by atoms with Crippen molar-refractivity contribution in [2.75, 3.05) is 20.1 Å². The fourth-order valence-electron chi connectivity index (χ4n) is 2.71. The summed E-state index contributed by atoms with van der Waals surface area (Å²) in [6, 6.07) is 6.12. The molecule has 0 aliphatic carbocycles. The largest absolute Gasteiger partial charge is 0.355 e. The van der Waals surface area contributed by atoms with Gasteiger partial charge in [0.15, 0.2) is 0 Å². The van der Waals surface area contributed by atoms with Crippen molar-refractivity contribution in [2.24, 2.45) is 11.7 Å². The number of sulfonamides is 1. The van der Waals surface area contributed by atoms with E-state index in [0.717, 1.165) is 12.8 Å². The second-order valence-electron chi connectivity index (χ2n) is 5.70. The number of hydrogen-bond donors (Lipinski definition) is 2. The highest BCUT2D eigenvalue weighted by molar-refractivity contribution is 7.89. The lowest BCUT2D eigenvalue weighted by atomic mass is 9.92. The van der Waals surface area contributed by atoms with E-state index in [1.54, 1.807) is 0 Å². The van der Waals surface area contributed by atoms with E-state index in [0.29, 0.717) is 24.6 Å². The Kier molecular flexibility index (Phi) is 7.01. The molecule has 1 atom stereocenters. The number of piperidine rings is 1. The van der Waals surface area contributed by atoms with Crippen molar-refractivity contribution in [3.8, 4) is 0 Å². The fraction of sp³-hybridized carbons (Fsp3) is 0.533. The molecule has 1 aromatic carbocycles. The van der Waals surface area contributed by atoms with Gasteiger partial charge in [-0.2, -0.15) is 4.31 Å². The zero-order valence-corrected chi connectivity index (χ0v) is 15.0. The van der Waals surface area contributed by atoms with Gasteiger partial charge in [0.1, 0.15) is 0 Å². The van der Waals surface area contributed by atoms with E-state index < -0.39 is 10.0 Å². The molecule has 1 saturated heterocycles. The average Bonchev–Trinajstić information content (AvgIpc) is 2.54. The third-order valence-electron chi connectivity index (χ3n) is 4.22. The number of benzene rings is 1. The van der Waals surface area contributed by atoms with E-state index >= 15 is 0 Å². The molecule has 1 aliphatic heterocycles. The van der Waals surface area contributed by atoms with Gasteiger partial charge >= 0.3 is 0 Å². The minimum atomic E-state index is -3.50. The molecule has 1 aliphatic rings. The number of rotatable bonds is 4. The van der Waals surface area contributed by atoms with Crippen LogP contribution in [0.5, 0.6) is 0 Å². The number of nitrogens with zero attached hydrogens (tertiary/aromatic N) is 1. The maximum Gasteiger partial charge on any atom is 0.251 e. The van der Waals surface area contributed by atoms with Crippen LogP contribution in [0.15, 0.2) is 29.2 Å². The van der Waals surface area contributed by atoms with E-state index in [-0.39, 0.29) is 29.3 Å². The summed E-state index contributed by atoms with van der Waals surface area (Å²) < 4.78 is 26.7. The molecule has 8 heteroatoms. The van der Waals surface area contributed by atoms with Gasteiger partial charge < -0.3 is 11.1 Å².